The fraction of sp³-hybridized carbons (Fsp3) is 0.562. The van der Waals surface area contributed by atoms with E-state index in [1.807, 2.05) is 11.8 Å². The Morgan fingerprint density at radius 2 is 2.05 bits per heavy atom. The van der Waals surface area contributed by atoms with Crippen LogP contribution in [0.1, 0.15) is 37.1 Å². The van der Waals surface area contributed by atoms with Crippen LogP contribution in [-0.2, 0) is 9.53 Å². The van der Waals surface area contributed by atoms with Gasteiger partial charge in [-0.1, -0.05) is 29.8 Å². The van der Waals surface area contributed by atoms with Gasteiger partial charge in [0.1, 0.15) is 6.17 Å². The number of carbonyl (C=O) groups excluding carboxylic acids is 1. The second-order valence-electron chi connectivity index (χ2n) is 5.79. The van der Waals surface area contributed by atoms with Crippen LogP contribution >= 0.6 is 0 Å². The fourth-order valence-corrected chi connectivity index (χ4v) is 3.19. The molecule has 0 bridgehead atoms. The van der Waals surface area contributed by atoms with Crippen molar-refractivity contribution in [2.45, 2.75) is 44.9 Å². The first kappa shape index (κ1) is 13.6. The van der Waals surface area contributed by atoms with Gasteiger partial charge in [0.2, 0.25) is 5.91 Å². The first-order valence-corrected chi connectivity index (χ1v) is 7.39. The highest BCUT2D eigenvalue weighted by Crippen LogP contribution is 2.31. The highest BCUT2D eigenvalue weighted by molar-refractivity contribution is 5.84. The van der Waals surface area contributed by atoms with E-state index in [9.17, 15) is 4.79 Å². The molecule has 1 aromatic carbocycles. The van der Waals surface area contributed by atoms with Crippen LogP contribution in [0.15, 0.2) is 24.3 Å². The summed E-state index contributed by atoms with van der Waals surface area (Å²) in [4.78, 5) is 14.5. The van der Waals surface area contributed by atoms with Gasteiger partial charge in [0.15, 0.2) is 0 Å². The molecule has 3 rings (SSSR count). The van der Waals surface area contributed by atoms with E-state index in [0.717, 1.165) is 26.1 Å². The van der Waals surface area contributed by atoms with Gasteiger partial charge in [-0.15, -0.1) is 0 Å². The van der Waals surface area contributed by atoms with Crippen LogP contribution in [-0.4, -0.2) is 36.1 Å². The maximum absolute atomic E-state index is 12.5. The van der Waals surface area contributed by atoms with Gasteiger partial charge in [0.05, 0.1) is 6.04 Å². The molecule has 0 radical (unpaired) electrons. The van der Waals surface area contributed by atoms with Crippen molar-refractivity contribution in [1.29, 1.82) is 0 Å². The Balaban J connectivity index is 1.89. The lowest BCUT2D eigenvalue weighted by atomic mass is 10.0. The van der Waals surface area contributed by atoms with Crippen LogP contribution < -0.4 is 5.32 Å². The van der Waals surface area contributed by atoms with E-state index in [0.29, 0.717) is 6.04 Å². The number of carbonyl (C=O) groups is 1. The molecular weight excluding hydrogens is 252 g/mol. The lowest BCUT2D eigenvalue weighted by Gasteiger charge is -2.35. The monoisotopic (exact) mass is 274 g/mol. The zero-order valence-corrected chi connectivity index (χ0v) is 12.1. The van der Waals surface area contributed by atoms with Gasteiger partial charge in [-0.3, -0.25) is 10.1 Å². The number of ether oxygens (including phenoxy) is 1. The van der Waals surface area contributed by atoms with E-state index in [1.54, 1.807) is 0 Å². The summed E-state index contributed by atoms with van der Waals surface area (Å²) in [5.74, 6) is 0.211. The van der Waals surface area contributed by atoms with Gasteiger partial charge in [0, 0.05) is 19.3 Å². The molecule has 0 spiro atoms. The topological polar surface area (TPSA) is 41.6 Å². The summed E-state index contributed by atoms with van der Waals surface area (Å²) in [7, 11) is 0. The molecule has 4 heteroatoms. The van der Waals surface area contributed by atoms with Gasteiger partial charge in [-0.25, -0.2) is 0 Å². The Morgan fingerprint density at radius 1 is 1.30 bits per heavy atom. The molecule has 2 unspecified atom stereocenters. The number of nitrogens with zero attached hydrogens (tertiary/aromatic N) is 1. The first-order valence-electron chi connectivity index (χ1n) is 7.39. The summed E-state index contributed by atoms with van der Waals surface area (Å²) in [6, 6.07) is 8.59. The average molecular weight is 274 g/mol. The second-order valence-corrected chi connectivity index (χ2v) is 5.79. The quantitative estimate of drug-likeness (QED) is 0.897. The fourth-order valence-electron chi connectivity index (χ4n) is 3.19. The smallest absolute Gasteiger partial charge is 0.241 e. The molecule has 20 heavy (non-hydrogen) atoms. The molecule has 108 valence electrons. The molecule has 4 nitrogen and oxygen atoms in total. The maximum atomic E-state index is 12.5. The zero-order valence-electron chi connectivity index (χ0n) is 12.1. The molecule has 2 aliphatic heterocycles. The number of amides is 1. The summed E-state index contributed by atoms with van der Waals surface area (Å²) in [5.41, 5.74) is 2.40. The van der Waals surface area contributed by atoms with Crippen molar-refractivity contribution in [2.24, 2.45) is 0 Å². The minimum absolute atomic E-state index is 0.000463. The molecule has 0 aliphatic carbocycles. The summed E-state index contributed by atoms with van der Waals surface area (Å²) in [5, 5.41) is 3.43. The molecule has 2 heterocycles. The highest BCUT2D eigenvalue weighted by Gasteiger charge is 2.41. The van der Waals surface area contributed by atoms with Gasteiger partial charge in [-0.05, 0) is 32.3 Å². The molecule has 1 amide bonds. The molecule has 2 aliphatic rings. The minimum Gasteiger partial charge on any atom is -0.381 e. The number of hydrogen-bond acceptors (Lipinski definition) is 3. The van der Waals surface area contributed by atoms with Crippen LogP contribution in [0.4, 0.5) is 0 Å². The first-order chi connectivity index (χ1) is 9.66. The van der Waals surface area contributed by atoms with Crippen molar-refractivity contribution >= 4 is 5.91 Å². The SMILES string of the molecule is Cc1cccc(C2NC(C)C(=O)N2C2CCOCC2)c1. The van der Waals surface area contributed by atoms with Gasteiger partial charge in [-0.2, -0.15) is 0 Å². The van der Waals surface area contributed by atoms with E-state index in [2.05, 4.69) is 36.5 Å². The molecular formula is C16H22N2O2. The number of aryl methyl sites for hydroxylation is 1. The van der Waals surface area contributed by atoms with Crippen LogP contribution in [0.25, 0.3) is 0 Å². The van der Waals surface area contributed by atoms with Crippen molar-refractivity contribution in [3.8, 4) is 0 Å². The van der Waals surface area contributed by atoms with Crippen molar-refractivity contribution < 1.29 is 9.53 Å². The van der Waals surface area contributed by atoms with Crippen LogP contribution in [0.3, 0.4) is 0 Å². The van der Waals surface area contributed by atoms with Crippen molar-refractivity contribution in [2.75, 3.05) is 13.2 Å². The molecule has 2 fully saturated rings. The predicted octanol–water partition coefficient (Wildman–Crippen LogP) is 1.99. The summed E-state index contributed by atoms with van der Waals surface area (Å²) >= 11 is 0. The highest BCUT2D eigenvalue weighted by atomic mass is 16.5. The molecule has 1 aromatic rings. The van der Waals surface area contributed by atoms with Crippen molar-refractivity contribution in [3.63, 3.8) is 0 Å². The average Bonchev–Trinajstić information content (AvgIpc) is 2.76. The third-order valence-electron chi connectivity index (χ3n) is 4.25. The van der Waals surface area contributed by atoms with Gasteiger partial charge < -0.3 is 9.64 Å². The Hall–Kier alpha value is -1.39. The third kappa shape index (κ3) is 2.45. The van der Waals surface area contributed by atoms with E-state index < -0.39 is 0 Å². The van der Waals surface area contributed by atoms with Gasteiger partial charge >= 0.3 is 0 Å². The summed E-state index contributed by atoms with van der Waals surface area (Å²) in [6.07, 6.45) is 1.87. The van der Waals surface area contributed by atoms with E-state index >= 15 is 0 Å². The Labute approximate surface area is 120 Å². The lowest BCUT2D eigenvalue weighted by molar-refractivity contribution is -0.134. The predicted molar refractivity (Wildman–Crippen MR) is 77.2 cm³/mol. The standard InChI is InChI=1S/C16H22N2O2/c1-11-4-3-5-13(10-11)15-17-12(2)16(19)18(15)14-6-8-20-9-7-14/h3-5,10,12,14-15,17H,6-9H2,1-2H3. The van der Waals surface area contributed by atoms with Crippen LogP contribution in [0.5, 0.6) is 0 Å². The molecule has 2 saturated heterocycles. The zero-order chi connectivity index (χ0) is 14.1. The minimum atomic E-state index is -0.108. The van der Waals surface area contributed by atoms with Crippen LogP contribution in [0.2, 0.25) is 0 Å². The van der Waals surface area contributed by atoms with E-state index in [4.69, 9.17) is 4.74 Å². The number of hydrogen-bond donors (Lipinski definition) is 1. The van der Waals surface area contributed by atoms with Crippen LogP contribution in [0, 0.1) is 6.92 Å². The Kier molecular flexibility index (Phi) is 3.76. The van der Waals surface area contributed by atoms with Crippen molar-refractivity contribution in [3.05, 3.63) is 35.4 Å². The van der Waals surface area contributed by atoms with E-state index in [1.165, 1.54) is 11.1 Å². The third-order valence-corrected chi connectivity index (χ3v) is 4.25. The summed E-state index contributed by atoms with van der Waals surface area (Å²) < 4.78 is 5.42. The maximum Gasteiger partial charge on any atom is 0.241 e. The van der Waals surface area contributed by atoms with E-state index in [-0.39, 0.29) is 18.1 Å². The second kappa shape index (κ2) is 5.54. The molecule has 0 saturated carbocycles. The number of nitrogens with one attached hydrogen (secondary N) is 1. The normalized spacial score (nSPS) is 28.1. The number of rotatable bonds is 2. The largest absolute Gasteiger partial charge is 0.381 e. The molecule has 0 aromatic heterocycles. The summed E-state index contributed by atoms with van der Waals surface area (Å²) in [6.45, 7) is 5.54. The van der Waals surface area contributed by atoms with Crippen molar-refractivity contribution in [1.82, 2.24) is 10.2 Å². The Morgan fingerprint density at radius 3 is 2.75 bits per heavy atom. The lowest BCUT2D eigenvalue weighted by Crippen LogP contribution is -2.43. The van der Waals surface area contributed by atoms with Gasteiger partial charge in [0.25, 0.3) is 0 Å². The molecule has 1 N–H and O–H groups in total. The number of benzene rings is 1. The Bertz CT molecular complexity index is 497. The molecule has 2 atom stereocenters.